The van der Waals surface area contributed by atoms with Crippen LogP contribution in [0.5, 0.6) is 0 Å². The summed E-state index contributed by atoms with van der Waals surface area (Å²) < 4.78 is 39.0. The lowest BCUT2D eigenvalue weighted by Crippen LogP contribution is -2.63. The van der Waals surface area contributed by atoms with E-state index in [1.54, 1.807) is 0 Å². The first-order valence-corrected chi connectivity index (χ1v) is 10.5. The zero-order chi connectivity index (χ0) is 22.0. The third kappa shape index (κ3) is 5.07. The summed E-state index contributed by atoms with van der Waals surface area (Å²) in [7, 11) is 0. The number of hydrogen-bond acceptors (Lipinski definition) is 6. The number of anilines is 1. The second kappa shape index (κ2) is 8.96. The molecule has 1 aliphatic carbocycles. The Morgan fingerprint density at radius 2 is 1.90 bits per heavy atom. The monoisotopic (exact) mass is 437 g/mol. The van der Waals surface area contributed by atoms with Gasteiger partial charge in [0.15, 0.2) is 0 Å². The van der Waals surface area contributed by atoms with Crippen LogP contribution in [0.1, 0.15) is 31.2 Å². The van der Waals surface area contributed by atoms with E-state index < -0.39 is 11.7 Å². The Kier molecular flexibility index (Phi) is 6.29. The molecule has 1 aromatic heterocycles. The Morgan fingerprint density at radius 1 is 1.16 bits per heavy atom. The maximum Gasteiger partial charge on any atom is 0.416 e. The van der Waals surface area contributed by atoms with Gasteiger partial charge in [-0.15, -0.1) is 0 Å². The first kappa shape index (κ1) is 21.8. The van der Waals surface area contributed by atoms with Gasteiger partial charge in [-0.1, -0.05) is 0 Å². The average molecular weight is 437 g/mol. The standard InChI is InChI=1S/C21H26F3N5O2/c22-21(23,24)14-3-6-18-17(7-14)20(27-12-26-18)25-8-19(31)28-15-9-29(10-15)16-4-1-13(11-30)2-5-16/h3,6-7,12-13,15-16,30H,1-2,4-5,8-11H2,(H,28,31)(H,25,26,27). The molecule has 0 spiro atoms. The second-order valence-corrected chi connectivity index (χ2v) is 8.38. The quantitative estimate of drug-likeness (QED) is 0.643. The molecule has 31 heavy (non-hydrogen) atoms. The lowest BCUT2D eigenvalue weighted by molar-refractivity contribution is -0.137. The topological polar surface area (TPSA) is 90.4 Å². The van der Waals surface area contributed by atoms with Crippen LogP contribution in [0.25, 0.3) is 10.9 Å². The molecular weight excluding hydrogens is 411 g/mol. The molecule has 7 nitrogen and oxygen atoms in total. The Morgan fingerprint density at radius 3 is 2.58 bits per heavy atom. The van der Waals surface area contributed by atoms with Crippen LogP contribution in [0.3, 0.4) is 0 Å². The lowest BCUT2D eigenvalue weighted by Gasteiger charge is -2.46. The number of aromatic nitrogens is 2. The Hall–Kier alpha value is -2.46. The van der Waals surface area contributed by atoms with Crippen LogP contribution < -0.4 is 10.6 Å². The summed E-state index contributed by atoms with van der Waals surface area (Å²) in [6, 6.07) is 3.85. The SMILES string of the molecule is O=C(CNc1ncnc2ccc(C(F)(F)F)cc12)NC1CN(C2CCC(CO)CC2)C1. The number of halogens is 3. The lowest BCUT2D eigenvalue weighted by atomic mass is 9.84. The van der Waals surface area contributed by atoms with E-state index in [-0.39, 0.29) is 36.3 Å². The minimum atomic E-state index is -4.47. The van der Waals surface area contributed by atoms with Gasteiger partial charge in [0.25, 0.3) is 0 Å². The summed E-state index contributed by atoms with van der Waals surface area (Å²) in [6.07, 6.45) is 1.03. The van der Waals surface area contributed by atoms with E-state index in [2.05, 4.69) is 25.5 Å². The van der Waals surface area contributed by atoms with Crippen molar-refractivity contribution in [1.82, 2.24) is 20.2 Å². The number of likely N-dealkylation sites (tertiary alicyclic amines) is 1. The predicted molar refractivity (Wildman–Crippen MR) is 109 cm³/mol. The molecule has 0 unspecified atom stereocenters. The smallest absolute Gasteiger partial charge is 0.396 e. The van der Waals surface area contributed by atoms with Gasteiger partial charge in [-0.05, 0) is 49.8 Å². The first-order valence-electron chi connectivity index (χ1n) is 10.5. The predicted octanol–water partition coefficient (Wildman–Crippen LogP) is 2.41. The normalized spacial score (nSPS) is 22.8. The van der Waals surface area contributed by atoms with Crippen LogP contribution in [0.15, 0.2) is 24.5 Å². The number of fused-ring (bicyclic) bond motifs is 1. The van der Waals surface area contributed by atoms with Crippen molar-refractivity contribution in [1.29, 1.82) is 0 Å². The molecule has 3 N–H and O–H groups in total. The van der Waals surface area contributed by atoms with Crippen molar-refractivity contribution in [3.63, 3.8) is 0 Å². The summed E-state index contributed by atoms with van der Waals surface area (Å²) >= 11 is 0. The number of nitrogens with zero attached hydrogens (tertiary/aromatic N) is 3. The molecule has 2 heterocycles. The Labute approximate surface area is 178 Å². The zero-order valence-electron chi connectivity index (χ0n) is 17.0. The molecule has 2 aliphatic rings. The number of rotatable bonds is 6. The fourth-order valence-corrected chi connectivity index (χ4v) is 4.41. The molecule has 1 saturated heterocycles. The highest BCUT2D eigenvalue weighted by atomic mass is 19.4. The average Bonchev–Trinajstić information content (AvgIpc) is 2.73. The molecule has 2 fully saturated rings. The number of aliphatic hydroxyl groups is 1. The van der Waals surface area contributed by atoms with Crippen LogP contribution >= 0.6 is 0 Å². The molecule has 0 bridgehead atoms. The third-order valence-corrected chi connectivity index (χ3v) is 6.24. The largest absolute Gasteiger partial charge is 0.416 e. The molecule has 10 heteroatoms. The number of amides is 1. The van der Waals surface area contributed by atoms with Gasteiger partial charge in [0, 0.05) is 31.1 Å². The number of carbonyl (C=O) groups is 1. The van der Waals surface area contributed by atoms with Crippen molar-refractivity contribution in [3.05, 3.63) is 30.1 Å². The van der Waals surface area contributed by atoms with Gasteiger partial charge in [0.1, 0.15) is 12.1 Å². The molecule has 1 saturated carbocycles. The van der Waals surface area contributed by atoms with E-state index in [1.165, 1.54) is 12.4 Å². The van der Waals surface area contributed by atoms with Gasteiger partial charge in [-0.3, -0.25) is 9.69 Å². The molecule has 1 aliphatic heterocycles. The summed E-state index contributed by atoms with van der Waals surface area (Å²) in [4.78, 5) is 22.7. The highest BCUT2D eigenvalue weighted by Gasteiger charge is 2.35. The van der Waals surface area contributed by atoms with Crippen LogP contribution in [-0.4, -0.2) is 64.2 Å². The summed E-state index contributed by atoms with van der Waals surface area (Å²) in [6.45, 7) is 1.77. The summed E-state index contributed by atoms with van der Waals surface area (Å²) in [5, 5.41) is 15.3. The van der Waals surface area contributed by atoms with Crippen LogP contribution in [0, 0.1) is 5.92 Å². The summed E-state index contributed by atoms with van der Waals surface area (Å²) in [5.41, 5.74) is -0.415. The number of carbonyl (C=O) groups excluding carboxylic acids is 1. The van der Waals surface area contributed by atoms with Crippen molar-refractivity contribution in [2.45, 2.75) is 43.9 Å². The van der Waals surface area contributed by atoms with Gasteiger partial charge >= 0.3 is 6.18 Å². The molecule has 0 atom stereocenters. The molecule has 1 amide bonds. The van der Waals surface area contributed by atoms with Crippen LogP contribution in [-0.2, 0) is 11.0 Å². The van der Waals surface area contributed by atoms with E-state index in [0.29, 0.717) is 17.5 Å². The van der Waals surface area contributed by atoms with Crippen molar-refractivity contribution in [3.8, 4) is 0 Å². The van der Waals surface area contributed by atoms with Gasteiger partial charge in [-0.2, -0.15) is 13.2 Å². The van der Waals surface area contributed by atoms with E-state index in [9.17, 15) is 23.1 Å². The number of nitrogens with one attached hydrogen (secondary N) is 2. The number of hydrogen-bond donors (Lipinski definition) is 3. The van der Waals surface area contributed by atoms with Gasteiger partial charge in [0.05, 0.1) is 23.7 Å². The molecule has 0 radical (unpaired) electrons. The summed E-state index contributed by atoms with van der Waals surface area (Å²) in [5.74, 6) is 0.388. The van der Waals surface area contributed by atoms with Crippen molar-refractivity contribution < 1.29 is 23.1 Å². The van der Waals surface area contributed by atoms with E-state index >= 15 is 0 Å². The van der Waals surface area contributed by atoms with Gasteiger partial charge in [0.2, 0.25) is 5.91 Å². The maximum absolute atomic E-state index is 13.0. The minimum Gasteiger partial charge on any atom is -0.396 e. The second-order valence-electron chi connectivity index (χ2n) is 8.38. The van der Waals surface area contributed by atoms with Crippen molar-refractivity contribution >= 4 is 22.6 Å². The van der Waals surface area contributed by atoms with Crippen LogP contribution in [0.2, 0.25) is 0 Å². The van der Waals surface area contributed by atoms with E-state index in [1.807, 2.05) is 0 Å². The number of aliphatic hydroxyl groups excluding tert-OH is 1. The highest BCUT2D eigenvalue weighted by Crippen LogP contribution is 2.32. The van der Waals surface area contributed by atoms with Gasteiger partial charge in [-0.25, -0.2) is 9.97 Å². The highest BCUT2D eigenvalue weighted by molar-refractivity contribution is 5.91. The Balaban J connectivity index is 1.27. The van der Waals surface area contributed by atoms with Gasteiger partial charge < -0.3 is 15.7 Å². The number of benzene rings is 1. The molecule has 2 aromatic rings. The van der Waals surface area contributed by atoms with E-state index in [0.717, 1.165) is 50.9 Å². The Bertz CT molecular complexity index is 925. The van der Waals surface area contributed by atoms with E-state index in [4.69, 9.17) is 0 Å². The fourth-order valence-electron chi connectivity index (χ4n) is 4.41. The fraction of sp³-hybridized carbons (Fsp3) is 0.571. The maximum atomic E-state index is 13.0. The third-order valence-electron chi connectivity index (χ3n) is 6.24. The molecule has 1 aromatic carbocycles. The first-order chi connectivity index (χ1) is 14.8. The molecular formula is C21H26F3N5O2. The number of alkyl halides is 3. The van der Waals surface area contributed by atoms with Crippen LogP contribution in [0.4, 0.5) is 19.0 Å². The minimum absolute atomic E-state index is 0.0730. The van der Waals surface area contributed by atoms with Crippen molar-refractivity contribution in [2.24, 2.45) is 5.92 Å². The van der Waals surface area contributed by atoms with Crippen molar-refractivity contribution in [2.75, 3.05) is 31.6 Å². The molecule has 168 valence electrons. The molecule has 4 rings (SSSR count). The zero-order valence-corrected chi connectivity index (χ0v) is 17.0.